The Bertz CT molecular complexity index is 558. The van der Waals surface area contributed by atoms with Crippen LogP contribution in [0.5, 0.6) is 0 Å². The second kappa shape index (κ2) is 4.49. The zero-order valence-corrected chi connectivity index (χ0v) is 9.17. The quantitative estimate of drug-likeness (QED) is 0.765. The van der Waals surface area contributed by atoms with Crippen molar-refractivity contribution >= 4 is 5.78 Å². The molecule has 2 aromatic rings. The van der Waals surface area contributed by atoms with Crippen molar-refractivity contribution in [2.24, 2.45) is 0 Å². The molecule has 0 N–H and O–H groups in total. The van der Waals surface area contributed by atoms with Crippen LogP contribution in [-0.4, -0.2) is 5.78 Å². The summed E-state index contributed by atoms with van der Waals surface area (Å²) in [6.45, 7) is 1.72. The van der Waals surface area contributed by atoms with Crippen LogP contribution in [0.2, 0.25) is 0 Å². The van der Waals surface area contributed by atoms with Gasteiger partial charge in [-0.15, -0.1) is 0 Å². The van der Waals surface area contributed by atoms with Crippen molar-refractivity contribution in [3.05, 3.63) is 59.1 Å². The van der Waals surface area contributed by atoms with Crippen LogP contribution in [0.3, 0.4) is 0 Å². The maximum absolute atomic E-state index is 13.3. The number of ketones is 1. The van der Waals surface area contributed by atoms with E-state index in [9.17, 15) is 13.6 Å². The van der Waals surface area contributed by atoms with E-state index < -0.39 is 11.6 Å². The molecule has 0 bridgehead atoms. The van der Waals surface area contributed by atoms with E-state index in [4.69, 9.17) is 4.42 Å². The zero-order valence-electron chi connectivity index (χ0n) is 9.17. The molecule has 0 amide bonds. The van der Waals surface area contributed by atoms with Crippen molar-refractivity contribution in [2.75, 3.05) is 0 Å². The van der Waals surface area contributed by atoms with Gasteiger partial charge in [0, 0.05) is 6.42 Å². The third kappa shape index (κ3) is 2.25. The van der Waals surface area contributed by atoms with Crippen molar-refractivity contribution in [1.82, 2.24) is 0 Å². The number of carbonyl (C=O) groups excluding carboxylic acids is 1. The van der Waals surface area contributed by atoms with Gasteiger partial charge in [-0.3, -0.25) is 4.79 Å². The van der Waals surface area contributed by atoms with Crippen LogP contribution in [0.25, 0.3) is 0 Å². The molecule has 0 aliphatic rings. The van der Waals surface area contributed by atoms with E-state index >= 15 is 0 Å². The standard InChI is InChI=1S/C13H10F2O2/c1-8-5-6-17-13(8)11(16)7-9-3-2-4-10(14)12(9)15/h2-6H,7H2,1H3. The fraction of sp³-hybridized carbons (Fsp3) is 0.154. The first-order chi connectivity index (χ1) is 8.09. The second-order valence-electron chi connectivity index (χ2n) is 3.75. The lowest BCUT2D eigenvalue weighted by Gasteiger charge is -2.02. The van der Waals surface area contributed by atoms with Gasteiger partial charge in [0.15, 0.2) is 17.4 Å². The molecule has 0 fully saturated rings. The molecular formula is C13H10F2O2. The van der Waals surface area contributed by atoms with Gasteiger partial charge in [-0.25, -0.2) is 8.78 Å². The van der Waals surface area contributed by atoms with E-state index in [1.165, 1.54) is 18.4 Å². The summed E-state index contributed by atoms with van der Waals surface area (Å²) in [5.41, 5.74) is 0.720. The molecule has 0 aliphatic carbocycles. The van der Waals surface area contributed by atoms with Gasteiger partial charge in [0.25, 0.3) is 0 Å². The van der Waals surface area contributed by atoms with Gasteiger partial charge in [-0.1, -0.05) is 12.1 Å². The lowest BCUT2D eigenvalue weighted by Crippen LogP contribution is -2.06. The predicted molar refractivity (Wildman–Crippen MR) is 57.8 cm³/mol. The summed E-state index contributed by atoms with van der Waals surface area (Å²) in [5, 5.41) is 0. The summed E-state index contributed by atoms with van der Waals surface area (Å²) in [5.74, 6) is -2.11. The van der Waals surface area contributed by atoms with E-state index in [2.05, 4.69) is 0 Å². The number of Topliss-reactive ketones (excluding diaryl/α,β-unsaturated/α-hetero) is 1. The summed E-state index contributed by atoms with van der Waals surface area (Å²) in [6.07, 6.45) is 1.18. The maximum atomic E-state index is 13.3. The first kappa shape index (κ1) is 11.5. The topological polar surface area (TPSA) is 30.2 Å². The van der Waals surface area contributed by atoms with Crippen LogP contribution in [0.1, 0.15) is 21.7 Å². The van der Waals surface area contributed by atoms with Gasteiger partial charge in [0.05, 0.1) is 6.26 Å². The molecule has 1 aromatic heterocycles. The summed E-state index contributed by atoms with van der Waals surface area (Å²) in [7, 11) is 0. The third-order valence-electron chi connectivity index (χ3n) is 2.50. The minimum atomic E-state index is -0.981. The molecule has 1 heterocycles. The number of halogens is 2. The normalized spacial score (nSPS) is 10.5. The Hall–Kier alpha value is -1.97. The smallest absolute Gasteiger partial charge is 0.202 e. The fourth-order valence-corrected chi connectivity index (χ4v) is 1.60. The molecule has 4 heteroatoms. The molecule has 0 saturated carbocycles. The summed E-state index contributed by atoms with van der Waals surface area (Å²) in [4.78, 5) is 11.8. The Labute approximate surface area is 96.9 Å². The highest BCUT2D eigenvalue weighted by Gasteiger charge is 2.16. The molecule has 17 heavy (non-hydrogen) atoms. The largest absolute Gasteiger partial charge is 0.461 e. The van der Waals surface area contributed by atoms with E-state index in [1.807, 2.05) is 0 Å². The molecule has 88 valence electrons. The Morgan fingerprint density at radius 3 is 2.71 bits per heavy atom. The zero-order chi connectivity index (χ0) is 12.4. The van der Waals surface area contributed by atoms with Crippen LogP contribution in [0.4, 0.5) is 8.78 Å². The van der Waals surface area contributed by atoms with Crippen molar-refractivity contribution in [2.45, 2.75) is 13.3 Å². The molecule has 0 unspecified atom stereocenters. The minimum Gasteiger partial charge on any atom is -0.461 e. The van der Waals surface area contributed by atoms with Gasteiger partial charge in [-0.05, 0) is 30.2 Å². The van der Waals surface area contributed by atoms with Crippen molar-refractivity contribution in [3.8, 4) is 0 Å². The number of hydrogen-bond donors (Lipinski definition) is 0. The number of rotatable bonds is 3. The van der Waals surface area contributed by atoms with E-state index in [1.54, 1.807) is 13.0 Å². The number of carbonyl (C=O) groups is 1. The maximum Gasteiger partial charge on any atom is 0.202 e. The Morgan fingerprint density at radius 1 is 1.29 bits per heavy atom. The SMILES string of the molecule is Cc1ccoc1C(=O)Cc1cccc(F)c1F. The Kier molecular flexibility index (Phi) is 3.04. The van der Waals surface area contributed by atoms with Crippen LogP contribution in [0.15, 0.2) is 34.9 Å². The highest BCUT2D eigenvalue weighted by Crippen LogP contribution is 2.16. The molecule has 2 rings (SSSR count). The predicted octanol–water partition coefficient (Wildman–Crippen LogP) is 3.29. The summed E-state index contributed by atoms with van der Waals surface area (Å²) in [6, 6.07) is 5.42. The molecule has 0 saturated heterocycles. The van der Waals surface area contributed by atoms with Gasteiger partial charge >= 0.3 is 0 Å². The second-order valence-corrected chi connectivity index (χ2v) is 3.75. The Morgan fingerprint density at radius 2 is 2.06 bits per heavy atom. The van der Waals surface area contributed by atoms with Crippen LogP contribution in [-0.2, 0) is 6.42 Å². The molecule has 0 spiro atoms. The molecule has 0 aliphatic heterocycles. The van der Waals surface area contributed by atoms with Gasteiger partial charge < -0.3 is 4.42 Å². The number of furan rings is 1. The molecule has 2 nitrogen and oxygen atoms in total. The first-order valence-electron chi connectivity index (χ1n) is 5.10. The lowest BCUT2D eigenvalue weighted by atomic mass is 10.1. The molecule has 0 radical (unpaired) electrons. The van der Waals surface area contributed by atoms with Crippen LogP contribution in [0, 0.1) is 18.6 Å². The molecule has 1 aromatic carbocycles. The number of aryl methyl sites for hydroxylation is 1. The molecule has 0 atom stereocenters. The summed E-state index contributed by atoms with van der Waals surface area (Å²) < 4.78 is 31.3. The van der Waals surface area contributed by atoms with Gasteiger partial charge in [0.1, 0.15) is 0 Å². The lowest BCUT2D eigenvalue weighted by molar-refractivity contribution is 0.0964. The van der Waals surface area contributed by atoms with Crippen LogP contribution >= 0.6 is 0 Å². The van der Waals surface area contributed by atoms with E-state index in [0.717, 1.165) is 6.07 Å². The van der Waals surface area contributed by atoms with Crippen molar-refractivity contribution in [3.63, 3.8) is 0 Å². The van der Waals surface area contributed by atoms with Crippen molar-refractivity contribution in [1.29, 1.82) is 0 Å². The highest BCUT2D eigenvalue weighted by molar-refractivity contribution is 5.96. The average molecular weight is 236 g/mol. The van der Waals surface area contributed by atoms with Gasteiger partial charge in [-0.2, -0.15) is 0 Å². The van der Waals surface area contributed by atoms with Gasteiger partial charge in [0.2, 0.25) is 5.78 Å². The average Bonchev–Trinajstić information content (AvgIpc) is 2.71. The minimum absolute atomic E-state index is 0.0331. The van der Waals surface area contributed by atoms with Crippen LogP contribution < -0.4 is 0 Å². The number of hydrogen-bond acceptors (Lipinski definition) is 2. The highest BCUT2D eigenvalue weighted by atomic mass is 19.2. The molecular weight excluding hydrogens is 226 g/mol. The van der Waals surface area contributed by atoms with E-state index in [-0.39, 0.29) is 23.5 Å². The first-order valence-corrected chi connectivity index (χ1v) is 5.10. The van der Waals surface area contributed by atoms with Crippen molar-refractivity contribution < 1.29 is 18.0 Å². The monoisotopic (exact) mass is 236 g/mol. The number of benzene rings is 1. The fourth-order valence-electron chi connectivity index (χ4n) is 1.60. The Balaban J connectivity index is 2.25. The summed E-state index contributed by atoms with van der Waals surface area (Å²) >= 11 is 0. The third-order valence-corrected chi connectivity index (χ3v) is 2.50. The van der Waals surface area contributed by atoms with E-state index in [0.29, 0.717) is 5.56 Å².